The highest BCUT2D eigenvalue weighted by Crippen LogP contribution is 2.39. The predicted octanol–water partition coefficient (Wildman–Crippen LogP) is 13.9. The van der Waals surface area contributed by atoms with Crippen molar-refractivity contribution in [2.75, 3.05) is 9.80 Å². The number of anilines is 6. The van der Waals surface area contributed by atoms with Crippen LogP contribution in [0.5, 0.6) is 0 Å². The van der Waals surface area contributed by atoms with Crippen LogP contribution in [0.3, 0.4) is 0 Å². The molecule has 4 nitrogen and oxygen atoms in total. The summed E-state index contributed by atoms with van der Waals surface area (Å²) < 4.78 is 28.2. The molecule has 0 aliphatic carbocycles. The van der Waals surface area contributed by atoms with Crippen LogP contribution in [-0.2, 0) is 32.5 Å². The van der Waals surface area contributed by atoms with Gasteiger partial charge in [-0.3, -0.25) is 0 Å². The summed E-state index contributed by atoms with van der Waals surface area (Å²) in [5.74, 6) is 0. The number of benzene rings is 6. The second-order valence-corrected chi connectivity index (χ2v) is 19.5. The van der Waals surface area contributed by atoms with E-state index in [2.05, 4.69) is 176 Å². The minimum Gasteiger partial charge on any atom is -0.311 e. The third-order valence-electron chi connectivity index (χ3n) is 10.4. The van der Waals surface area contributed by atoms with E-state index in [9.17, 15) is 8.42 Å². The van der Waals surface area contributed by atoms with Gasteiger partial charge in [0, 0.05) is 34.1 Å². The number of sulfone groups is 1. The average molecular weight is 749 g/mol. The molecule has 0 heterocycles. The fourth-order valence-corrected chi connectivity index (χ4v) is 8.05. The molecule has 0 aliphatic heterocycles. The van der Waals surface area contributed by atoms with Gasteiger partial charge in [0.05, 0.1) is 9.79 Å². The van der Waals surface area contributed by atoms with Crippen molar-refractivity contribution in [2.24, 2.45) is 0 Å². The minimum atomic E-state index is -3.79. The molecule has 0 aromatic heterocycles. The zero-order valence-corrected chi connectivity index (χ0v) is 35.0. The molecular weight excluding hydrogens is 693 g/mol. The van der Waals surface area contributed by atoms with Crippen molar-refractivity contribution < 1.29 is 8.42 Å². The van der Waals surface area contributed by atoms with Gasteiger partial charge in [0.2, 0.25) is 9.84 Å². The Bertz CT molecular complexity index is 2250. The van der Waals surface area contributed by atoms with Gasteiger partial charge in [-0.2, -0.15) is 0 Å². The largest absolute Gasteiger partial charge is 0.311 e. The molecule has 55 heavy (non-hydrogen) atoms. The quantitative estimate of drug-likeness (QED) is 0.148. The molecule has 284 valence electrons. The van der Waals surface area contributed by atoms with Crippen LogP contribution in [0, 0.1) is 0 Å². The van der Waals surface area contributed by atoms with Gasteiger partial charge < -0.3 is 9.80 Å². The van der Waals surface area contributed by atoms with Crippen LogP contribution in [0.25, 0.3) is 0 Å². The first-order valence-electron chi connectivity index (χ1n) is 19.3. The number of hydrogen-bond donors (Lipinski definition) is 0. The number of nitrogens with zero attached hydrogens (tertiary/aromatic N) is 2. The highest BCUT2D eigenvalue weighted by Gasteiger charge is 2.23. The molecule has 0 unspecified atom stereocenters. The monoisotopic (exact) mass is 748 g/mol. The molecule has 0 bridgehead atoms. The van der Waals surface area contributed by atoms with Crippen LogP contribution in [-0.4, -0.2) is 8.42 Å². The van der Waals surface area contributed by atoms with E-state index in [1.54, 1.807) is 24.3 Å². The normalized spacial score (nSPS) is 12.4. The molecule has 0 saturated carbocycles. The molecular formula is C50H56N2O2S. The van der Waals surface area contributed by atoms with Gasteiger partial charge in [0.15, 0.2) is 0 Å². The van der Waals surface area contributed by atoms with Crippen molar-refractivity contribution in [3.8, 4) is 0 Å². The average Bonchev–Trinajstić information content (AvgIpc) is 3.15. The summed E-state index contributed by atoms with van der Waals surface area (Å²) in [4.78, 5) is 4.86. The predicted molar refractivity (Wildman–Crippen MR) is 233 cm³/mol. The van der Waals surface area contributed by atoms with E-state index >= 15 is 0 Å². The molecule has 0 saturated heterocycles. The summed E-state index contributed by atoms with van der Waals surface area (Å²) in [6.07, 6.45) is 0.960. The molecule has 0 amide bonds. The zero-order chi connectivity index (χ0) is 39.8. The Morgan fingerprint density at radius 1 is 0.364 bits per heavy atom. The Morgan fingerprint density at radius 3 is 0.800 bits per heavy atom. The topological polar surface area (TPSA) is 40.6 Å². The highest BCUT2D eigenvalue weighted by molar-refractivity contribution is 7.91. The maximum Gasteiger partial charge on any atom is 0.206 e. The summed E-state index contributed by atoms with van der Waals surface area (Å²) in [6, 6.07) is 49.0. The Hall–Kier alpha value is -5.13. The lowest BCUT2D eigenvalue weighted by Crippen LogP contribution is -2.14. The Kier molecular flexibility index (Phi) is 10.9. The van der Waals surface area contributed by atoms with E-state index in [1.807, 2.05) is 24.3 Å². The lowest BCUT2D eigenvalue weighted by molar-refractivity contribution is 0.590. The maximum absolute atomic E-state index is 14.1. The van der Waals surface area contributed by atoms with Gasteiger partial charge in [-0.15, -0.1) is 0 Å². The molecule has 6 rings (SSSR count). The Morgan fingerprint density at radius 2 is 0.582 bits per heavy atom. The first-order chi connectivity index (χ1) is 25.9. The van der Waals surface area contributed by atoms with Gasteiger partial charge >= 0.3 is 0 Å². The van der Waals surface area contributed by atoms with Crippen LogP contribution >= 0.6 is 0 Å². The summed E-state index contributed by atoms with van der Waals surface area (Å²) in [7, 11) is -3.79. The molecule has 0 atom stereocenters. The standard InChI is InChI=1S/C50H56N2O2S/c1-11-36-12-20-40(21-13-36)51(41-22-14-37(15-23-41)48(2,3)4)44-28-32-46(33-29-44)55(53,54)47-34-30-45(31-35-47)52(42-24-16-38(17-25-42)49(5,6)7)43-26-18-39(19-27-43)50(8,9)10/h12-35H,11H2,1-10H3. The Balaban J connectivity index is 1.33. The molecule has 5 heteroatoms. The van der Waals surface area contributed by atoms with E-state index in [1.165, 1.54) is 22.3 Å². The molecule has 0 aliphatic rings. The molecule has 0 spiro atoms. The molecule has 0 fully saturated rings. The van der Waals surface area contributed by atoms with Crippen LogP contribution in [0.4, 0.5) is 34.1 Å². The smallest absolute Gasteiger partial charge is 0.206 e. The fourth-order valence-electron chi connectivity index (χ4n) is 6.79. The minimum absolute atomic E-state index is 0.0299. The number of hydrogen-bond acceptors (Lipinski definition) is 4. The summed E-state index contributed by atoms with van der Waals surface area (Å²) in [5, 5.41) is 0. The second-order valence-electron chi connectivity index (χ2n) is 17.6. The van der Waals surface area contributed by atoms with Gasteiger partial charge in [0.25, 0.3) is 0 Å². The first-order valence-corrected chi connectivity index (χ1v) is 20.8. The fraction of sp³-hybridized carbons (Fsp3) is 0.280. The van der Waals surface area contributed by atoms with Crippen molar-refractivity contribution >= 4 is 44.0 Å². The Labute approximate surface area is 330 Å². The molecule has 0 radical (unpaired) electrons. The van der Waals surface area contributed by atoms with E-state index in [0.29, 0.717) is 0 Å². The van der Waals surface area contributed by atoms with Crippen molar-refractivity contribution in [1.29, 1.82) is 0 Å². The zero-order valence-electron chi connectivity index (χ0n) is 34.2. The van der Waals surface area contributed by atoms with E-state index in [4.69, 9.17) is 0 Å². The van der Waals surface area contributed by atoms with E-state index < -0.39 is 9.84 Å². The van der Waals surface area contributed by atoms with Gasteiger partial charge in [-0.05, 0) is 142 Å². The maximum atomic E-state index is 14.1. The number of rotatable bonds is 9. The van der Waals surface area contributed by atoms with Crippen molar-refractivity contribution in [1.82, 2.24) is 0 Å². The van der Waals surface area contributed by atoms with Crippen LogP contribution in [0.15, 0.2) is 155 Å². The van der Waals surface area contributed by atoms with E-state index in [-0.39, 0.29) is 26.0 Å². The summed E-state index contributed by atoms with van der Waals surface area (Å²) in [6.45, 7) is 22.1. The van der Waals surface area contributed by atoms with Crippen LogP contribution in [0.2, 0.25) is 0 Å². The molecule has 6 aromatic rings. The third kappa shape index (κ3) is 8.73. The van der Waals surface area contributed by atoms with Crippen LogP contribution < -0.4 is 9.80 Å². The molecule has 0 N–H and O–H groups in total. The molecule has 6 aromatic carbocycles. The third-order valence-corrected chi connectivity index (χ3v) is 12.2. The van der Waals surface area contributed by atoms with Gasteiger partial charge in [-0.25, -0.2) is 8.42 Å². The lowest BCUT2D eigenvalue weighted by atomic mass is 9.86. The summed E-state index contributed by atoms with van der Waals surface area (Å²) in [5.41, 5.74) is 10.9. The van der Waals surface area contributed by atoms with Crippen LogP contribution in [0.1, 0.15) is 91.5 Å². The van der Waals surface area contributed by atoms with E-state index in [0.717, 1.165) is 40.5 Å². The second kappa shape index (κ2) is 15.2. The van der Waals surface area contributed by atoms with Gasteiger partial charge in [-0.1, -0.05) is 118 Å². The SMILES string of the molecule is CCc1ccc(N(c2ccc(C(C)(C)C)cc2)c2ccc(S(=O)(=O)c3ccc(N(c4ccc(C(C)(C)C)cc4)c4ccc(C(C)(C)C)cc4)cc3)cc2)cc1. The first kappa shape index (κ1) is 39.6. The highest BCUT2D eigenvalue weighted by atomic mass is 32.2. The number of aryl methyl sites for hydroxylation is 1. The van der Waals surface area contributed by atoms with Crippen molar-refractivity contribution in [2.45, 2.75) is 102 Å². The van der Waals surface area contributed by atoms with Crippen molar-refractivity contribution in [3.63, 3.8) is 0 Å². The van der Waals surface area contributed by atoms with Crippen molar-refractivity contribution in [3.05, 3.63) is 168 Å². The summed E-state index contributed by atoms with van der Waals surface area (Å²) >= 11 is 0. The lowest BCUT2D eigenvalue weighted by Gasteiger charge is -2.28. The van der Waals surface area contributed by atoms with Gasteiger partial charge in [0.1, 0.15) is 0 Å².